The van der Waals surface area contributed by atoms with Gasteiger partial charge in [0.1, 0.15) is 0 Å². The van der Waals surface area contributed by atoms with E-state index < -0.39 is 10.0 Å². The highest BCUT2D eigenvalue weighted by atomic mass is 32.2. The maximum Gasteiger partial charge on any atom is 0.213 e. The first-order valence-corrected chi connectivity index (χ1v) is 6.24. The molecule has 0 aromatic heterocycles. The second-order valence-corrected chi connectivity index (χ2v) is 4.85. The van der Waals surface area contributed by atoms with Crippen molar-refractivity contribution in [1.82, 2.24) is 4.31 Å². The lowest BCUT2D eigenvalue weighted by molar-refractivity contribution is 0.135. The Balaban J connectivity index is 4.03. The predicted octanol–water partition coefficient (Wildman–Crippen LogP) is 0.694. The third kappa shape index (κ3) is 4.59. The number of hydrogen-bond donors (Lipinski definition) is 0. The highest BCUT2D eigenvalue weighted by molar-refractivity contribution is 7.89. The van der Waals surface area contributed by atoms with Crippen LogP contribution in [-0.4, -0.2) is 44.8 Å². The van der Waals surface area contributed by atoms with Crippen LogP contribution in [0.4, 0.5) is 0 Å². The van der Waals surface area contributed by atoms with Gasteiger partial charge in [0.2, 0.25) is 10.0 Å². The molecule has 0 saturated heterocycles. The van der Waals surface area contributed by atoms with E-state index in [-0.39, 0.29) is 5.75 Å². The molecule has 0 aliphatic rings. The molecule has 0 aliphatic heterocycles. The van der Waals surface area contributed by atoms with E-state index in [1.54, 1.807) is 6.92 Å². The minimum absolute atomic E-state index is 0.160. The van der Waals surface area contributed by atoms with Crippen molar-refractivity contribution in [1.29, 1.82) is 0 Å². The third-order valence-corrected chi connectivity index (χ3v) is 3.76. The van der Waals surface area contributed by atoms with Gasteiger partial charge in [0.25, 0.3) is 0 Å². The number of likely N-dealkylation sites (N-methyl/N-ethyl adjacent to an activating group) is 1. The maximum absolute atomic E-state index is 11.4. The van der Waals surface area contributed by atoms with E-state index in [4.69, 9.17) is 4.74 Å². The monoisotopic (exact) mass is 209 g/mol. The van der Waals surface area contributed by atoms with Gasteiger partial charge in [-0.2, -0.15) is 4.31 Å². The van der Waals surface area contributed by atoms with E-state index in [2.05, 4.69) is 0 Å². The molecule has 4 nitrogen and oxygen atoms in total. The fraction of sp³-hybridized carbons (Fsp3) is 1.00. The zero-order chi connectivity index (χ0) is 10.3. The molecule has 13 heavy (non-hydrogen) atoms. The molecule has 0 radical (unpaired) electrons. The van der Waals surface area contributed by atoms with Crippen LogP contribution in [0.25, 0.3) is 0 Å². The average Bonchev–Trinajstić information content (AvgIpc) is 2.12. The molecular formula is C8H19NO3S. The largest absolute Gasteiger partial charge is 0.380 e. The summed E-state index contributed by atoms with van der Waals surface area (Å²) in [6.07, 6.45) is 0. The van der Waals surface area contributed by atoms with E-state index in [9.17, 15) is 8.42 Å². The second kappa shape index (κ2) is 6.34. The summed E-state index contributed by atoms with van der Waals surface area (Å²) < 4.78 is 29.3. The summed E-state index contributed by atoms with van der Waals surface area (Å²) in [5, 5.41) is 0. The lowest BCUT2D eigenvalue weighted by Crippen LogP contribution is -2.34. The fourth-order valence-corrected chi connectivity index (χ4v) is 2.10. The highest BCUT2D eigenvalue weighted by Gasteiger charge is 2.16. The van der Waals surface area contributed by atoms with Crippen molar-refractivity contribution in [3.63, 3.8) is 0 Å². The second-order valence-electron chi connectivity index (χ2n) is 2.59. The lowest BCUT2D eigenvalue weighted by Gasteiger charge is -2.18. The van der Waals surface area contributed by atoms with Crippen molar-refractivity contribution in [2.75, 3.05) is 32.1 Å². The molecule has 0 unspecified atom stereocenters. The first-order chi connectivity index (χ1) is 6.08. The summed E-state index contributed by atoms with van der Waals surface area (Å²) in [7, 11) is -3.04. The summed E-state index contributed by atoms with van der Waals surface area (Å²) in [5.41, 5.74) is 0. The van der Waals surface area contributed by atoms with E-state index >= 15 is 0 Å². The van der Waals surface area contributed by atoms with Crippen LogP contribution in [0.15, 0.2) is 0 Å². The van der Waals surface area contributed by atoms with Gasteiger partial charge in [-0.15, -0.1) is 0 Å². The molecule has 0 fully saturated rings. The Labute approximate surface area is 80.9 Å². The minimum atomic E-state index is -3.04. The zero-order valence-corrected chi connectivity index (χ0v) is 9.43. The molecule has 0 amide bonds. The lowest BCUT2D eigenvalue weighted by atomic mass is 10.6. The molecule has 0 bridgehead atoms. The van der Waals surface area contributed by atoms with Crippen molar-refractivity contribution >= 4 is 10.0 Å². The van der Waals surface area contributed by atoms with Crippen LogP contribution in [0.5, 0.6) is 0 Å². The average molecular weight is 209 g/mol. The van der Waals surface area contributed by atoms with Crippen LogP contribution in [0, 0.1) is 0 Å². The van der Waals surface area contributed by atoms with Gasteiger partial charge in [-0.05, 0) is 13.8 Å². The standard InChI is InChI=1S/C8H19NO3S/c1-4-9(7-8-12-5-2)13(10,11)6-3/h4-8H2,1-3H3. The molecule has 0 aliphatic carbocycles. The van der Waals surface area contributed by atoms with Crippen LogP contribution in [0.3, 0.4) is 0 Å². The van der Waals surface area contributed by atoms with Crippen LogP contribution in [0.2, 0.25) is 0 Å². The van der Waals surface area contributed by atoms with Crippen molar-refractivity contribution in [2.45, 2.75) is 20.8 Å². The highest BCUT2D eigenvalue weighted by Crippen LogP contribution is 2.00. The van der Waals surface area contributed by atoms with E-state index in [1.165, 1.54) is 4.31 Å². The number of rotatable bonds is 7. The Morgan fingerprint density at radius 1 is 1.23 bits per heavy atom. The Hall–Kier alpha value is -0.130. The summed E-state index contributed by atoms with van der Waals surface area (Å²) in [6.45, 7) is 7.46. The summed E-state index contributed by atoms with van der Waals surface area (Å²) in [5.74, 6) is 0.160. The molecule has 0 N–H and O–H groups in total. The smallest absolute Gasteiger partial charge is 0.213 e. The molecule has 80 valence electrons. The SMILES string of the molecule is CCOCCN(CC)S(=O)(=O)CC. The first-order valence-electron chi connectivity index (χ1n) is 4.64. The third-order valence-electron chi connectivity index (χ3n) is 1.80. The Morgan fingerprint density at radius 3 is 2.23 bits per heavy atom. The summed E-state index contributed by atoms with van der Waals surface area (Å²) in [4.78, 5) is 0. The Morgan fingerprint density at radius 2 is 1.85 bits per heavy atom. The van der Waals surface area contributed by atoms with Gasteiger partial charge in [-0.25, -0.2) is 8.42 Å². The van der Waals surface area contributed by atoms with Crippen LogP contribution in [-0.2, 0) is 14.8 Å². The van der Waals surface area contributed by atoms with Crippen LogP contribution < -0.4 is 0 Å². The minimum Gasteiger partial charge on any atom is -0.380 e. The Kier molecular flexibility index (Phi) is 6.28. The molecule has 0 aromatic rings. The number of hydrogen-bond acceptors (Lipinski definition) is 3. The molecule has 0 aromatic carbocycles. The molecule has 0 atom stereocenters. The summed E-state index contributed by atoms with van der Waals surface area (Å²) in [6, 6.07) is 0. The predicted molar refractivity (Wildman–Crippen MR) is 53.2 cm³/mol. The molecule has 0 spiro atoms. The van der Waals surface area contributed by atoms with Gasteiger partial charge in [0.05, 0.1) is 12.4 Å². The maximum atomic E-state index is 11.4. The van der Waals surface area contributed by atoms with Gasteiger partial charge in [0, 0.05) is 19.7 Å². The van der Waals surface area contributed by atoms with Gasteiger partial charge in [-0.1, -0.05) is 6.92 Å². The van der Waals surface area contributed by atoms with Crippen molar-refractivity contribution in [3.05, 3.63) is 0 Å². The quantitative estimate of drug-likeness (QED) is 0.580. The van der Waals surface area contributed by atoms with Crippen molar-refractivity contribution in [2.24, 2.45) is 0 Å². The van der Waals surface area contributed by atoms with Gasteiger partial charge in [0.15, 0.2) is 0 Å². The van der Waals surface area contributed by atoms with Crippen molar-refractivity contribution in [3.8, 4) is 0 Å². The number of ether oxygens (including phenoxy) is 1. The van der Waals surface area contributed by atoms with Gasteiger partial charge in [-0.3, -0.25) is 0 Å². The van der Waals surface area contributed by atoms with Gasteiger partial charge < -0.3 is 4.74 Å². The normalized spacial score (nSPS) is 12.3. The fourth-order valence-electron chi connectivity index (χ4n) is 0.987. The molecule has 0 rings (SSSR count). The topological polar surface area (TPSA) is 46.6 Å². The first kappa shape index (κ1) is 12.9. The van der Waals surface area contributed by atoms with E-state index in [0.717, 1.165) is 0 Å². The van der Waals surface area contributed by atoms with Crippen LogP contribution >= 0.6 is 0 Å². The number of nitrogens with zero attached hydrogens (tertiary/aromatic N) is 1. The van der Waals surface area contributed by atoms with E-state index in [1.807, 2.05) is 13.8 Å². The summed E-state index contributed by atoms with van der Waals surface area (Å²) >= 11 is 0. The van der Waals surface area contributed by atoms with Crippen LogP contribution in [0.1, 0.15) is 20.8 Å². The number of sulfonamides is 1. The van der Waals surface area contributed by atoms with E-state index in [0.29, 0.717) is 26.3 Å². The molecular weight excluding hydrogens is 190 g/mol. The zero-order valence-electron chi connectivity index (χ0n) is 8.62. The van der Waals surface area contributed by atoms with Gasteiger partial charge >= 0.3 is 0 Å². The molecule has 0 heterocycles. The molecule has 5 heteroatoms. The van der Waals surface area contributed by atoms with Crippen molar-refractivity contribution < 1.29 is 13.2 Å². The Bertz CT molecular complexity index is 213. The molecule has 0 saturated carbocycles.